The SMILES string of the molecule is CC(CO)C(C)NC1c2ccccc2Oc2ccccc21. The minimum atomic E-state index is 0.0927. The van der Waals surface area contributed by atoms with E-state index in [1.807, 2.05) is 36.4 Å². The van der Waals surface area contributed by atoms with Gasteiger partial charge in [0.15, 0.2) is 0 Å². The third-order valence-electron chi connectivity index (χ3n) is 4.25. The smallest absolute Gasteiger partial charge is 0.132 e. The lowest BCUT2D eigenvalue weighted by atomic mass is 9.92. The molecular formula is C18H21NO2. The van der Waals surface area contributed by atoms with Crippen LogP contribution in [0.3, 0.4) is 0 Å². The van der Waals surface area contributed by atoms with Gasteiger partial charge in [0, 0.05) is 23.8 Å². The van der Waals surface area contributed by atoms with E-state index in [1.165, 1.54) is 0 Å². The lowest BCUT2D eigenvalue weighted by Gasteiger charge is -2.32. The third-order valence-corrected chi connectivity index (χ3v) is 4.25. The van der Waals surface area contributed by atoms with E-state index in [4.69, 9.17) is 4.74 Å². The average molecular weight is 283 g/mol. The first-order valence-corrected chi connectivity index (χ1v) is 7.43. The Hall–Kier alpha value is -1.84. The molecule has 1 heterocycles. The summed E-state index contributed by atoms with van der Waals surface area (Å²) in [5.74, 6) is 2.00. The van der Waals surface area contributed by atoms with Gasteiger partial charge in [0.2, 0.25) is 0 Å². The molecule has 110 valence electrons. The predicted molar refractivity (Wildman–Crippen MR) is 83.6 cm³/mol. The zero-order valence-electron chi connectivity index (χ0n) is 12.4. The summed E-state index contributed by atoms with van der Waals surface area (Å²) in [4.78, 5) is 0. The molecule has 0 fully saturated rings. The quantitative estimate of drug-likeness (QED) is 0.902. The van der Waals surface area contributed by atoms with Crippen molar-refractivity contribution in [2.24, 2.45) is 5.92 Å². The van der Waals surface area contributed by atoms with Crippen molar-refractivity contribution in [3.8, 4) is 11.5 Å². The molecule has 0 aliphatic carbocycles. The summed E-state index contributed by atoms with van der Waals surface area (Å²) in [7, 11) is 0. The van der Waals surface area contributed by atoms with Gasteiger partial charge in [-0.2, -0.15) is 0 Å². The number of para-hydroxylation sites is 2. The molecule has 0 spiro atoms. The Labute approximate surface area is 125 Å². The summed E-state index contributed by atoms with van der Waals surface area (Å²) in [5.41, 5.74) is 2.29. The zero-order chi connectivity index (χ0) is 14.8. The maximum Gasteiger partial charge on any atom is 0.132 e. The van der Waals surface area contributed by atoms with Gasteiger partial charge in [-0.3, -0.25) is 0 Å². The molecule has 2 atom stereocenters. The molecule has 21 heavy (non-hydrogen) atoms. The van der Waals surface area contributed by atoms with E-state index < -0.39 is 0 Å². The van der Waals surface area contributed by atoms with Crippen molar-refractivity contribution >= 4 is 0 Å². The van der Waals surface area contributed by atoms with Crippen LogP contribution in [0.2, 0.25) is 0 Å². The molecule has 2 aromatic rings. The van der Waals surface area contributed by atoms with E-state index in [2.05, 4.69) is 31.3 Å². The maximum absolute atomic E-state index is 9.36. The number of hydrogen-bond acceptors (Lipinski definition) is 3. The Morgan fingerprint density at radius 2 is 1.52 bits per heavy atom. The first kappa shape index (κ1) is 14.1. The number of rotatable bonds is 4. The normalized spacial score (nSPS) is 16.5. The Morgan fingerprint density at radius 1 is 1.00 bits per heavy atom. The molecule has 0 amide bonds. The van der Waals surface area contributed by atoms with Crippen molar-refractivity contribution in [2.45, 2.75) is 25.9 Å². The molecule has 2 aromatic carbocycles. The highest BCUT2D eigenvalue weighted by atomic mass is 16.5. The zero-order valence-corrected chi connectivity index (χ0v) is 12.4. The first-order chi connectivity index (χ1) is 10.2. The van der Waals surface area contributed by atoms with E-state index in [0.717, 1.165) is 22.6 Å². The fourth-order valence-electron chi connectivity index (χ4n) is 2.67. The van der Waals surface area contributed by atoms with E-state index in [-0.39, 0.29) is 24.6 Å². The highest BCUT2D eigenvalue weighted by Crippen LogP contribution is 2.42. The molecule has 3 nitrogen and oxygen atoms in total. The van der Waals surface area contributed by atoms with Gasteiger partial charge >= 0.3 is 0 Å². The van der Waals surface area contributed by atoms with Crippen molar-refractivity contribution in [1.29, 1.82) is 0 Å². The fraction of sp³-hybridized carbons (Fsp3) is 0.333. The lowest BCUT2D eigenvalue weighted by Crippen LogP contribution is -2.38. The van der Waals surface area contributed by atoms with Crippen LogP contribution < -0.4 is 10.1 Å². The molecule has 2 N–H and O–H groups in total. The van der Waals surface area contributed by atoms with E-state index in [9.17, 15) is 5.11 Å². The highest BCUT2D eigenvalue weighted by Gasteiger charge is 2.28. The van der Waals surface area contributed by atoms with Crippen LogP contribution in [0, 0.1) is 5.92 Å². The Kier molecular flexibility index (Phi) is 3.95. The Morgan fingerprint density at radius 3 is 2.05 bits per heavy atom. The standard InChI is InChI=1S/C18H21NO2/c1-12(11-20)13(2)19-18-14-7-3-5-9-16(14)21-17-10-6-4-8-15(17)18/h3-10,12-13,18-20H,11H2,1-2H3. The molecule has 0 radical (unpaired) electrons. The summed E-state index contributed by atoms with van der Waals surface area (Å²) < 4.78 is 5.99. The first-order valence-electron chi connectivity index (χ1n) is 7.43. The second kappa shape index (κ2) is 5.88. The van der Waals surface area contributed by atoms with Crippen molar-refractivity contribution in [3.63, 3.8) is 0 Å². The van der Waals surface area contributed by atoms with Crippen LogP contribution in [0.15, 0.2) is 48.5 Å². The van der Waals surface area contributed by atoms with Crippen LogP contribution >= 0.6 is 0 Å². The van der Waals surface area contributed by atoms with Crippen LogP contribution in [-0.4, -0.2) is 17.8 Å². The second-order valence-corrected chi connectivity index (χ2v) is 5.73. The lowest BCUT2D eigenvalue weighted by molar-refractivity contribution is 0.202. The molecule has 1 aliphatic rings. The summed E-state index contributed by atoms with van der Waals surface area (Å²) in [5, 5.41) is 13.0. The van der Waals surface area contributed by atoms with Crippen molar-refractivity contribution in [1.82, 2.24) is 5.32 Å². The van der Waals surface area contributed by atoms with Gasteiger partial charge in [0.05, 0.1) is 6.04 Å². The van der Waals surface area contributed by atoms with Crippen LogP contribution in [0.25, 0.3) is 0 Å². The molecule has 0 aromatic heterocycles. The number of aliphatic hydroxyl groups excluding tert-OH is 1. The molecule has 0 bridgehead atoms. The van der Waals surface area contributed by atoms with Gasteiger partial charge in [0.1, 0.15) is 11.5 Å². The summed E-state index contributed by atoms with van der Waals surface area (Å²) in [6.07, 6.45) is 0. The van der Waals surface area contributed by atoms with Crippen molar-refractivity contribution in [2.75, 3.05) is 6.61 Å². The largest absolute Gasteiger partial charge is 0.457 e. The van der Waals surface area contributed by atoms with Crippen molar-refractivity contribution < 1.29 is 9.84 Å². The monoisotopic (exact) mass is 283 g/mol. The van der Waals surface area contributed by atoms with E-state index >= 15 is 0 Å². The predicted octanol–water partition coefficient (Wildman–Crippen LogP) is 3.49. The van der Waals surface area contributed by atoms with Crippen LogP contribution in [0.1, 0.15) is 31.0 Å². The molecule has 3 rings (SSSR count). The molecule has 0 saturated heterocycles. The summed E-state index contributed by atoms with van der Waals surface area (Å²) in [6.45, 7) is 4.34. The van der Waals surface area contributed by atoms with Crippen molar-refractivity contribution in [3.05, 3.63) is 59.7 Å². The number of hydrogen-bond donors (Lipinski definition) is 2. The number of benzene rings is 2. The molecule has 3 heteroatoms. The minimum Gasteiger partial charge on any atom is -0.457 e. The average Bonchev–Trinajstić information content (AvgIpc) is 2.53. The van der Waals surface area contributed by atoms with E-state index in [0.29, 0.717) is 0 Å². The van der Waals surface area contributed by atoms with E-state index in [1.54, 1.807) is 0 Å². The van der Waals surface area contributed by atoms with Gasteiger partial charge in [-0.25, -0.2) is 0 Å². The van der Waals surface area contributed by atoms with Gasteiger partial charge in [0.25, 0.3) is 0 Å². The van der Waals surface area contributed by atoms with Crippen LogP contribution in [0.5, 0.6) is 11.5 Å². The van der Waals surface area contributed by atoms with Gasteiger partial charge in [-0.15, -0.1) is 0 Å². The third kappa shape index (κ3) is 2.67. The molecule has 2 unspecified atom stereocenters. The van der Waals surface area contributed by atoms with Gasteiger partial charge in [-0.1, -0.05) is 43.3 Å². The topological polar surface area (TPSA) is 41.5 Å². The van der Waals surface area contributed by atoms with Gasteiger partial charge in [-0.05, 0) is 25.0 Å². The molecule has 0 saturated carbocycles. The number of fused-ring (bicyclic) bond motifs is 2. The maximum atomic E-state index is 9.36. The Bertz CT molecular complexity index is 581. The fourth-order valence-corrected chi connectivity index (χ4v) is 2.67. The molecular weight excluding hydrogens is 262 g/mol. The highest BCUT2D eigenvalue weighted by molar-refractivity contribution is 5.52. The van der Waals surface area contributed by atoms with Gasteiger partial charge < -0.3 is 15.2 Å². The van der Waals surface area contributed by atoms with Crippen LogP contribution in [-0.2, 0) is 0 Å². The minimum absolute atomic E-state index is 0.0927. The number of aliphatic hydroxyl groups is 1. The number of nitrogens with one attached hydrogen (secondary N) is 1. The summed E-state index contributed by atoms with van der Waals surface area (Å²) in [6, 6.07) is 16.5. The molecule has 1 aliphatic heterocycles. The second-order valence-electron chi connectivity index (χ2n) is 5.73. The summed E-state index contributed by atoms with van der Waals surface area (Å²) >= 11 is 0. The number of ether oxygens (including phenoxy) is 1. The Balaban J connectivity index is 1.98. The van der Waals surface area contributed by atoms with Crippen LogP contribution in [0.4, 0.5) is 0 Å².